The molecule has 106 valence electrons. The Bertz CT molecular complexity index is 670. The molecule has 1 aliphatic rings. The fourth-order valence-corrected chi connectivity index (χ4v) is 4.14. The number of hydrogen-bond donors (Lipinski definition) is 1. The number of unbranched alkanes of at least 4 members (excludes halogenated alkanes) is 1. The minimum absolute atomic E-state index is 0.516. The molecular formula is C15H18N2O2S. The van der Waals surface area contributed by atoms with E-state index in [0.29, 0.717) is 4.88 Å². The Morgan fingerprint density at radius 1 is 1.50 bits per heavy atom. The van der Waals surface area contributed by atoms with E-state index >= 15 is 0 Å². The SMILES string of the molecule is CCCCc1sc(C(=O)O)c2c1-c1nn(C)cc1CC2. The number of hydrogen-bond acceptors (Lipinski definition) is 3. The van der Waals surface area contributed by atoms with Crippen molar-refractivity contribution in [3.8, 4) is 11.3 Å². The Balaban J connectivity index is 2.16. The van der Waals surface area contributed by atoms with Crippen molar-refractivity contribution in [1.82, 2.24) is 9.78 Å². The first-order chi connectivity index (χ1) is 9.61. The molecular weight excluding hydrogens is 272 g/mol. The smallest absolute Gasteiger partial charge is 0.346 e. The summed E-state index contributed by atoms with van der Waals surface area (Å²) in [6.45, 7) is 2.16. The van der Waals surface area contributed by atoms with Crippen LogP contribution < -0.4 is 0 Å². The quantitative estimate of drug-likeness (QED) is 0.940. The van der Waals surface area contributed by atoms with Crippen LogP contribution in [0.25, 0.3) is 11.3 Å². The van der Waals surface area contributed by atoms with E-state index in [0.717, 1.165) is 48.9 Å². The van der Waals surface area contributed by atoms with Crippen LogP contribution in [0.3, 0.4) is 0 Å². The monoisotopic (exact) mass is 290 g/mol. The molecule has 1 N–H and O–H groups in total. The van der Waals surface area contributed by atoms with Crippen LogP contribution in [0, 0.1) is 0 Å². The molecule has 20 heavy (non-hydrogen) atoms. The van der Waals surface area contributed by atoms with Crippen LogP contribution in [0.5, 0.6) is 0 Å². The molecule has 0 radical (unpaired) electrons. The van der Waals surface area contributed by atoms with E-state index in [-0.39, 0.29) is 0 Å². The molecule has 5 heteroatoms. The lowest BCUT2D eigenvalue weighted by Crippen LogP contribution is -2.06. The number of aromatic nitrogens is 2. The number of rotatable bonds is 4. The number of thiophene rings is 1. The summed E-state index contributed by atoms with van der Waals surface area (Å²) >= 11 is 1.45. The lowest BCUT2D eigenvalue weighted by atomic mass is 9.90. The first-order valence-electron chi connectivity index (χ1n) is 7.02. The van der Waals surface area contributed by atoms with Gasteiger partial charge in [-0.05, 0) is 36.8 Å². The predicted molar refractivity (Wildman–Crippen MR) is 79.5 cm³/mol. The number of aromatic carboxylic acids is 1. The van der Waals surface area contributed by atoms with Crippen molar-refractivity contribution in [3.63, 3.8) is 0 Å². The van der Waals surface area contributed by atoms with Gasteiger partial charge in [0, 0.05) is 23.7 Å². The van der Waals surface area contributed by atoms with Gasteiger partial charge in [0.25, 0.3) is 0 Å². The van der Waals surface area contributed by atoms with E-state index in [1.807, 2.05) is 11.7 Å². The molecule has 1 aliphatic carbocycles. The Kier molecular flexibility index (Phi) is 3.38. The van der Waals surface area contributed by atoms with Crippen LogP contribution in [0.15, 0.2) is 6.20 Å². The molecule has 0 saturated heterocycles. The summed E-state index contributed by atoms with van der Waals surface area (Å²) in [6, 6.07) is 0. The van der Waals surface area contributed by atoms with Gasteiger partial charge >= 0.3 is 5.97 Å². The fourth-order valence-electron chi connectivity index (χ4n) is 2.91. The standard InChI is InChI=1S/C15H18N2O2S/c1-3-4-5-11-12-10(14(20-11)15(18)19)7-6-9-8-17(2)16-13(9)12/h8H,3-7H2,1-2H3,(H,18,19). The molecule has 0 fully saturated rings. The minimum Gasteiger partial charge on any atom is -0.477 e. The molecule has 0 amide bonds. The number of carboxylic acids is 1. The molecule has 3 rings (SSSR count). The van der Waals surface area contributed by atoms with Crippen LogP contribution in [0.4, 0.5) is 0 Å². The topological polar surface area (TPSA) is 55.1 Å². The maximum absolute atomic E-state index is 11.5. The minimum atomic E-state index is -0.798. The zero-order chi connectivity index (χ0) is 14.3. The van der Waals surface area contributed by atoms with Crippen molar-refractivity contribution < 1.29 is 9.90 Å². The maximum Gasteiger partial charge on any atom is 0.346 e. The molecule has 2 heterocycles. The van der Waals surface area contributed by atoms with Crippen molar-refractivity contribution >= 4 is 17.3 Å². The second-order valence-corrected chi connectivity index (χ2v) is 6.40. The van der Waals surface area contributed by atoms with Gasteiger partial charge < -0.3 is 5.11 Å². The van der Waals surface area contributed by atoms with Crippen molar-refractivity contribution in [2.75, 3.05) is 0 Å². The highest BCUT2D eigenvalue weighted by Crippen LogP contribution is 2.42. The summed E-state index contributed by atoms with van der Waals surface area (Å²) in [5, 5.41) is 14.0. The van der Waals surface area contributed by atoms with E-state index in [1.54, 1.807) is 0 Å². The van der Waals surface area contributed by atoms with Gasteiger partial charge in [-0.3, -0.25) is 4.68 Å². The average molecular weight is 290 g/mol. The van der Waals surface area contributed by atoms with Gasteiger partial charge in [0.2, 0.25) is 0 Å². The zero-order valence-electron chi connectivity index (χ0n) is 11.8. The highest BCUT2D eigenvalue weighted by atomic mass is 32.1. The highest BCUT2D eigenvalue weighted by molar-refractivity contribution is 7.14. The van der Waals surface area contributed by atoms with Crippen molar-refractivity contribution in [1.29, 1.82) is 0 Å². The fraction of sp³-hybridized carbons (Fsp3) is 0.467. The summed E-state index contributed by atoms with van der Waals surface area (Å²) in [7, 11) is 1.92. The van der Waals surface area contributed by atoms with Gasteiger partial charge in [-0.2, -0.15) is 5.10 Å². The molecule has 0 bridgehead atoms. The van der Waals surface area contributed by atoms with Gasteiger partial charge in [-0.15, -0.1) is 11.3 Å². The summed E-state index contributed by atoms with van der Waals surface area (Å²) in [5.41, 5.74) is 4.36. The first kappa shape index (κ1) is 13.4. The normalized spacial score (nSPS) is 13.1. The second kappa shape index (κ2) is 5.05. The Hall–Kier alpha value is -1.62. The molecule has 0 aliphatic heterocycles. The summed E-state index contributed by atoms with van der Waals surface area (Å²) in [6.07, 6.45) is 6.92. The summed E-state index contributed by atoms with van der Waals surface area (Å²) in [5.74, 6) is -0.798. The lowest BCUT2D eigenvalue weighted by Gasteiger charge is -2.13. The molecule has 4 nitrogen and oxygen atoms in total. The van der Waals surface area contributed by atoms with E-state index < -0.39 is 5.97 Å². The van der Waals surface area contributed by atoms with E-state index in [1.165, 1.54) is 21.8 Å². The predicted octanol–water partition coefficient (Wildman–Crippen LogP) is 3.29. The zero-order valence-corrected chi connectivity index (χ0v) is 12.6. The number of fused-ring (bicyclic) bond motifs is 3. The van der Waals surface area contributed by atoms with Gasteiger partial charge in [0.1, 0.15) is 4.88 Å². The van der Waals surface area contributed by atoms with Crippen LogP contribution >= 0.6 is 11.3 Å². The number of carboxylic acid groups (broad SMARTS) is 1. The third-order valence-electron chi connectivity index (χ3n) is 3.82. The van der Waals surface area contributed by atoms with Crippen LogP contribution in [0.1, 0.15) is 45.4 Å². The summed E-state index contributed by atoms with van der Waals surface area (Å²) < 4.78 is 1.83. The lowest BCUT2D eigenvalue weighted by molar-refractivity contribution is 0.0701. The molecule has 0 unspecified atom stereocenters. The molecule has 0 spiro atoms. The molecule has 2 aromatic heterocycles. The van der Waals surface area contributed by atoms with Gasteiger partial charge in [-0.1, -0.05) is 13.3 Å². The van der Waals surface area contributed by atoms with Gasteiger partial charge in [0.05, 0.1) is 5.69 Å². The first-order valence-corrected chi connectivity index (χ1v) is 7.84. The number of nitrogens with zero attached hydrogens (tertiary/aromatic N) is 2. The largest absolute Gasteiger partial charge is 0.477 e. The average Bonchev–Trinajstić information content (AvgIpc) is 2.95. The molecule has 0 atom stereocenters. The molecule has 0 aromatic carbocycles. The summed E-state index contributed by atoms with van der Waals surface area (Å²) in [4.78, 5) is 13.2. The molecule has 2 aromatic rings. The van der Waals surface area contributed by atoms with Crippen LogP contribution in [-0.4, -0.2) is 20.9 Å². The third-order valence-corrected chi connectivity index (χ3v) is 5.10. The third kappa shape index (κ3) is 2.06. The van der Waals surface area contributed by atoms with E-state index in [4.69, 9.17) is 0 Å². The van der Waals surface area contributed by atoms with Gasteiger partial charge in [-0.25, -0.2) is 4.79 Å². The van der Waals surface area contributed by atoms with Crippen LogP contribution in [0.2, 0.25) is 0 Å². The number of aryl methyl sites for hydroxylation is 3. The highest BCUT2D eigenvalue weighted by Gasteiger charge is 2.29. The van der Waals surface area contributed by atoms with Gasteiger partial charge in [0.15, 0.2) is 0 Å². The number of carbonyl (C=O) groups is 1. The van der Waals surface area contributed by atoms with E-state index in [9.17, 15) is 9.90 Å². The van der Waals surface area contributed by atoms with Crippen molar-refractivity contribution in [2.24, 2.45) is 7.05 Å². The van der Waals surface area contributed by atoms with Crippen LogP contribution in [-0.2, 0) is 26.3 Å². The van der Waals surface area contributed by atoms with Crippen molar-refractivity contribution in [2.45, 2.75) is 39.0 Å². The second-order valence-electron chi connectivity index (χ2n) is 5.29. The van der Waals surface area contributed by atoms with Crippen molar-refractivity contribution in [3.05, 3.63) is 27.1 Å². The Labute approximate surface area is 122 Å². The maximum atomic E-state index is 11.5. The molecule has 0 saturated carbocycles. The Morgan fingerprint density at radius 2 is 2.30 bits per heavy atom. The van der Waals surface area contributed by atoms with E-state index in [2.05, 4.69) is 18.2 Å². The Morgan fingerprint density at radius 3 is 3.00 bits per heavy atom.